The van der Waals surface area contributed by atoms with Gasteiger partial charge in [0.15, 0.2) is 0 Å². The largest absolute Gasteiger partial charge is 0.379 e. The summed E-state index contributed by atoms with van der Waals surface area (Å²) in [5.41, 5.74) is 0. The Balaban J connectivity index is 1.68. The lowest BCUT2D eigenvalue weighted by Crippen LogP contribution is -2.52. The topological polar surface area (TPSA) is 66.9 Å². The summed E-state index contributed by atoms with van der Waals surface area (Å²) in [4.78, 5) is 15.5. The number of carbonyl (C=O) groups excluding carboxylic acids is 1. The number of hydrogen-bond donors (Lipinski definition) is 0. The molecule has 2 unspecified atom stereocenters. The number of nitrogens with zero attached hydrogens (tertiary/aromatic N) is 2. The summed E-state index contributed by atoms with van der Waals surface area (Å²) in [7, 11) is -3.37. The third-order valence-electron chi connectivity index (χ3n) is 4.78. The summed E-state index contributed by atoms with van der Waals surface area (Å²) >= 11 is 1.56. The molecule has 2 fully saturated rings. The number of hydrogen-bond acceptors (Lipinski definition) is 5. The minimum atomic E-state index is -3.37. The van der Waals surface area contributed by atoms with Crippen molar-refractivity contribution in [3.63, 3.8) is 0 Å². The maximum atomic E-state index is 12.8. The van der Waals surface area contributed by atoms with Crippen LogP contribution in [0.2, 0.25) is 0 Å². The molecule has 0 aromatic carbocycles. The molecule has 0 spiro atoms. The van der Waals surface area contributed by atoms with Gasteiger partial charge in [-0.1, -0.05) is 6.07 Å². The summed E-state index contributed by atoms with van der Waals surface area (Å²) < 4.78 is 32.5. The first-order valence-electron chi connectivity index (χ1n) is 8.39. The second-order valence-corrected chi connectivity index (χ2v) is 9.53. The second kappa shape index (κ2) is 7.51. The first kappa shape index (κ1) is 17.8. The van der Waals surface area contributed by atoms with E-state index in [1.165, 1.54) is 4.31 Å². The number of morpholine rings is 1. The fourth-order valence-electron chi connectivity index (χ4n) is 3.33. The van der Waals surface area contributed by atoms with Crippen molar-refractivity contribution >= 4 is 27.3 Å². The molecular formula is C16H24N2O4S2. The molecule has 3 rings (SSSR count). The molecule has 0 bridgehead atoms. The number of likely N-dealkylation sites (tertiary alicyclic amines) is 1. The zero-order valence-electron chi connectivity index (χ0n) is 13.9. The van der Waals surface area contributed by atoms with Crippen LogP contribution < -0.4 is 0 Å². The Morgan fingerprint density at radius 2 is 2.08 bits per heavy atom. The average Bonchev–Trinajstić information content (AvgIpc) is 3.16. The molecule has 2 saturated heterocycles. The summed E-state index contributed by atoms with van der Waals surface area (Å²) in [6, 6.07) is 3.89. The maximum Gasteiger partial charge on any atom is 0.230 e. The van der Waals surface area contributed by atoms with Gasteiger partial charge in [0.1, 0.15) is 0 Å². The summed E-state index contributed by atoms with van der Waals surface area (Å²) in [5.74, 6) is -0.186. The van der Waals surface area contributed by atoms with E-state index in [2.05, 4.69) is 0 Å². The van der Waals surface area contributed by atoms with Crippen molar-refractivity contribution < 1.29 is 17.9 Å². The molecule has 1 aromatic rings. The van der Waals surface area contributed by atoms with Gasteiger partial charge in [0.05, 0.1) is 24.4 Å². The van der Waals surface area contributed by atoms with Crippen LogP contribution in [0.15, 0.2) is 17.5 Å². The highest BCUT2D eigenvalue weighted by molar-refractivity contribution is 7.89. The Labute approximate surface area is 147 Å². The average molecular weight is 373 g/mol. The summed E-state index contributed by atoms with van der Waals surface area (Å²) in [6.45, 7) is 4.57. The van der Waals surface area contributed by atoms with Crippen LogP contribution in [-0.2, 0) is 19.6 Å². The van der Waals surface area contributed by atoms with Crippen LogP contribution in [-0.4, -0.2) is 68.2 Å². The van der Waals surface area contributed by atoms with Gasteiger partial charge in [0.25, 0.3) is 0 Å². The Morgan fingerprint density at radius 3 is 2.75 bits per heavy atom. The number of amides is 1. The first-order chi connectivity index (χ1) is 11.5. The highest BCUT2D eigenvalue weighted by Gasteiger charge is 2.38. The molecule has 134 valence electrons. The van der Waals surface area contributed by atoms with Crippen LogP contribution in [0.1, 0.15) is 30.6 Å². The lowest BCUT2D eigenvalue weighted by molar-refractivity contribution is -0.133. The van der Waals surface area contributed by atoms with E-state index < -0.39 is 15.3 Å². The van der Waals surface area contributed by atoms with E-state index >= 15 is 0 Å². The molecule has 2 atom stereocenters. The lowest BCUT2D eigenvalue weighted by atomic mass is 10.1. The third-order valence-corrected chi connectivity index (χ3v) is 8.15. The van der Waals surface area contributed by atoms with Gasteiger partial charge in [0.2, 0.25) is 15.9 Å². The molecule has 6 nitrogen and oxygen atoms in total. The Bertz CT molecular complexity index is 654. The molecule has 0 N–H and O–H groups in total. The zero-order valence-corrected chi connectivity index (χ0v) is 15.5. The minimum Gasteiger partial charge on any atom is -0.379 e. The van der Waals surface area contributed by atoms with Gasteiger partial charge in [-0.15, -0.1) is 11.3 Å². The van der Waals surface area contributed by atoms with Crippen LogP contribution in [0.3, 0.4) is 0 Å². The fraction of sp³-hybridized carbons (Fsp3) is 0.688. The summed E-state index contributed by atoms with van der Waals surface area (Å²) in [6.07, 6.45) is 1.36. The van der Waals surface area contributed by atoms with E-state index in [0.717, 1.165) is 11.3 Å². The van der Waals surface area contributed by atoms with E-state index in [1.54, 1.807) is 16.2 Å². The van der Waals surface area contributed by atoms with Gasteiger partial charge < -0.3 is 9.64 Å². The Kier molecular flexibility index (Phi) is 5.59. The quantitative estimate of drug-likeness (QED) is 0.803. The number of sulfonamides is 1. The fourth-order valence-corrected chi connectivity index (χ4v) is 6.02. The van der Waals surface area contributed by atoms with Crippen molar-refractivity contribution in [2.75, 3.05) is 39.4 Å². The van der Waals surface area contributed by atoms with Gasteiger partial charge >= 0.3 is 0 Å². The Morgan fingerprint density at radius 1 is 1.33 bits per heavy atom. The van der Waals surface area contributed by atoms with Crippen molar-refractivity contribution in [2.45, 2.75) is 30.9 Å². The number of piperidine rings is 1. The van der Waals surface area contributed by atoms with Gasteiger partial charge in [-0.05, 0) is 31.2 Å². The third kappa shape index (κ3) is 3.66. The molecule has 0 saturated carbocycles. The normalized spacial score (nSPS) is 24.7. The van der Waals surface area contributed by atoms with Crippen LogP contribution in [0.25, 0.3) is 0 Å². The van der Waals surface area contributed by atoms with Crippen LogP contribution >= 0.6 is 11.3 Å². The van der Waals surface area contributed by atoms with Crippen molar-refractivity contribution in [3.05, 3.63) is 22.4 Å². The standard InChI is InChI=1S/C16H24N2O4S2/c1-13(15-5-3-11-23-15)16(19)17-6-2-4-14(12-17)24(20,21)18-7-9-22-10-8-18/h3,5,11,13-14H,2,4,6-10,12H2,1H3. The predicted molar refractivity (Wildman–Crippen MR) is 93.6 cm³/mol. The summed E-state index contributed by atoms with van der Waals surface area (Å²) in [5, 5.41) is 1.46. The maximum absolute atomic E-state index is 12.8. The van der Waals surface area contributed by atoms with Crippen molar-refractivity contribution in [1.82, 2.24) is 9.21 Å². The molecule has 3 heterocycles. The molecule has 8 heteroatoms. The smallest absolute Gasteiger partial charge is 0.230 e. The van der Waals surface area contributed by atoms with E-state index in [1.807, 2.05) is 24.4 Å². The number of ether oxygens (including phenoxy) is 1. The highest BCUT2D eigenvalue weighted by atomic mass is 32.2. The van der Waals surface area contributed by atoms with E-state index in [9.17, 15) is 13.2 Å². The molecule has 1 aromatic heterocycles. The SMILES string of the molecule is CC(C(=O)N1CCCC(S(=O)(=O)N2CCOCC2)C1)c1cccs1. The molecular weight excluding hydrogens is 348 g/mol. The van der Waals surface area contributed by atoms with E-state index in [4.69, 9.17) is 4.74 Å². The van der Waals surface area contributed by atoms with Crippen LogP contribution in [0.4, 0.5) is 0 Å². The van der Waals surface area contributed by atoms with Gasteiger partial charge in [0, 0.05) is 31.1 Å². The lowest BCUT2D eigenvalue weighted by Gasteiger charge is -2.37. The minimum absolute atomic E-state index is 0.0272. The van der Waals surface area contributed by atoms with E-state index in [0.29, 0.717) is 45.8 Å². The van der Waals surface area contributed by atoms with Crippen molar-refractivity contribution in [2.24, 2.45) is 0 Å². The number of carbonyl (C=O) groups is 1. The second-order valence-electron chi connectivity index (χ2n) is 6.34. The molecule has 2 aliphatic rings. The monoisotopic (exact) mass is 372 g/mol. The molecule has 1 amide bonds. The van der Waals surface area contributed by atoms with Crippen LogP contribution in [0, 0.1) is 0 Å². The predicted octanol–water partition coefficient (Wildman–Crippen LogP) is 1.50. The number of rotatable bonds is 4. The number of thiophene rings is 1. The van der Waals surface area contributed by atoms with Gasteiger partial charge in [-0.25, -0.2) is 8.42 Å². The molecule has 24 heavy (non-hydrogen) atoms. The highest BCUT2D eigenvalue weighted by Crippen LogP contribution is 2.27. The Hall–Kier alpha value is -0.960. The molecule has 2 aliphatic heterocycles. The van der Waals surface area contributed by atoms with Gasteiger partial charge in [-0.3, -0.25) is 4.79 Å². The van der Waals surface area contributed by atoms with Gasteiger partial charge in [-0.2, -0.15) is 4.31 Å². The first-order valence-corrected chi connectivity index (χ1v) is 10.8. The van der Waals surface area contributed by atoms with Crippen LogP contribution in [0.5, 0.6) is 0 Å². The van der Waals surface area contributed by atoms with Crippen molar-refractivity contribution in [1.29, 1.82) is 0 Å². The van der Waals surface area contributed by atoms with E-state index in [-0.39, 0.29) is 11.8 Å². The zero-order chi connectivity index (χ0) is 17.2. The molecule has 0 radical (unpaired) electrons. The molecule has 0 aliphatic carbocycles. The van der Waals surface area contributed by atoms with Crippen molar-refractivity contribution in [3.8, 4) is 0 Å².